The predicted octanol–water partition coefficient (Wildman–Crippen LogP) is 2.08. The van der Waals surface area contributed by atoms with Gasteiger partial charge in [-0.2, -0.15) is 0 Å². The molecule has 1 N–H and O–H groups in total. The number of carbonyl (C=O) groups excluding carboxylic acids is 1. The fourth-order valence-electron chi connectivity index (χ4n) is 1.44. The number of amides is 1. The van der Waals surface area contributed by atoms with Crippen LogP contribution in [0.1, 0.15) is 25.7 Å². The number of hydrogen-bond donors (Lipinski definition) is 1. The van der Waals surface area contributed by atoms with Crippen LogP contribution in [0.15, 0.2) is 0 Å². The Bertz CT molecular complexity index is 217. The second-order valence-corrected chi connectivity index (χ2v) is 5.68. The Morgan fingerprint density at radius 2 is 1.93 bits per heavy atom. The van der Waals surface area contributed by atoms with Crippen LogP contribution < -0.4 is 0 Å². The highest BCUT2D eigenvalue weighted by molar-refractivity contribution is 6.68. The van der Waals surface area contributed by atoms with Gasteiger partial charge in [0.15, 0.2) is 6.23 Å². The SMILES string of the molecule is O=C1CCCCCN1C(O)C(Cl)(Cl)Cl. The molecule has 14 heavy (non-hydrogen) atoms. The summed E-state index contributed by atoms with van der Waals surface area (Å²) in [4.78, 5) is 12.7. The highest BCUT2D eigenvalue weighted by Gasteiger charge is 2.38. The molecule has 1 aliphatic heterocycles. The number of aliphatic hydroxyl groups is 1. The first-order chi connectivity index (χ1) is 6.43. The van der Waals surface area contributed by atoms with Crippen molar-refractivity contribution in [2.24, 2.45) is 0 Å². The lowest BCUT2D eigenvalue weighted by Gasteiger charge is -2.31. The van der Waals surface area contributed by atoms with Gasteiger partial charge in [-0.05, 0) is 12.8 Å². The Morgan fingerprint density at radius 3 is 2.50 bits per heavy atom. The molecule has 0 spiro atoms. The molecule has 0 aromatic carbocycles. The van der Waals surface area contributed by atoms with Gasteiger partial charge in [0.2, 0.25) is 9.70 Å². The van der Waals surface area contributed by atoms with Crippen LogP contribution in [-0.4, -0.2) is 32.5 Å². The molecule has 1 aliphatic rings. The normalized spacial score (nSPS) is 22.0. The Morgan fingerprint density at radius 1 is 1.29 bits per heavy atom. The second kappa shape index (κ2) is 4.88. The van der Waals surface area contributed by atoms with Crippen molar-refractivity contribution in [1.29, 1.82) is 0 Å². The van der Waals surface area contributed by atoms with Crippen LogP contribution >= 0.6 is 34.8 Å². The summed E-state index contributed by atoms with van der Waals surface area (Å²) in [6.07, 6.45) is 1.70. The number of halogens is 3. The first kappa shape index (κ1) is 12.4. The van der Waals surface area contributed by atoms with Gasteiger partial charge in [-0.15, -0.1) is 0 Å². The minimum Gasteiger partial charge on any atom is -0.369 e. The zero-order chi connectivity index (χ0) is 10.8. The van der Waals surface area contributed by atoms with E-state index in [-0.39, 0.29) is 5.91 Å². The lowest BCUT2D eigenvalue weighted by atomic mass is 10.2. The maximum Gasteiger partial charge on any atom is 0.234 e. The third kappa shape index (κ3) is 3.16. The molecular weight excluding hydrogens is 248 g/mol. The van der Waals surface area contributed by atoms with Crippen LogP contribution in [0.2, 0.25) is 0 Å². The lowest BCUT2D eigenvalue weighted by Crippen LogP contribution is -2.47. The van der Waals surface area contributed by atoms with E-state index < -0.39 is 10.0 Å². The van der Waals surface area contributed by atoms with E-state index >= 15 is 0 Å². The molecule has 0 aromatic rings. The minimum absolute atomic E-state index is 0.152. The lowest BCUT2D eigenvalue weighted by molar-refractivity contribution is -0.140. The fourth-order valence-corrected chi connectivity index (χ4v) is 1.79. The van der Waals surface area contributed by atoms with Gasteiger partial charge in [0, 0.05) is 13.0 Å². The van der Waals surface area contributed by atoms with E-state index in [9.17, 15) is 9.90 Å². The minimum atomic E-state index is -1.83. The number of likely N-dealkylation sites (tertiary alicyclic amines) is 1. The van der Waals surface area contributed by atoms with Crippen molar-refractivity contribution < 1.29 is 9.90 Å². The number of carbonyl (C=O) groups is 1. The average Bonchev–Trinajstić information content (AvgIpc) is 2.27. The number of alkyl halides is 3. The summed E-state index contributed by atoms with van der Waals surface area (Å²) in [6, 6.07) is 0. The zero-order valence-corrected chi connectivity index (χ0v) is 9.82. The molecule has 0 aromatic heterocycles. The third-order valence-corrected chi connectivity index (χ3v) is 2.78. The fraction of sp³-hybridized carbons (Fsp3) is 0.875. The molecule has 1 amide bonds. The molecular formula is C8H12Cl3NO2. The number of nitrogens with zero attached hydrogens (tertiary/aromatic N) is 1. The summed E-state index contributed by atoms with van der Waals surface area (Å²) < 4.78 is -1.83. The van der Waals surface area contributed by atoms with Gasteiger partial charge in [-0.25, -0.2) is 0 Å². The first-order valence-electron chi connectivity index (χ1n) is 4.47. The standard InChI is InChI=1S/C8H12Cl3NO2/c9-8(10,11)7(14)12-5-3-1-2-4-6(12)13/h7,14H,1-5H2. The molecule has 1 unspecified atom stereocenters. The van der Waals surface area contributed by atoms with Gasteiger partial charge in [0.25, 0.3) is 0 Å². The summed E-state index contributed by atoms with van der Waals surface area (Å²) in [6.45, 7) is 0.452. The van der Waals surface area contributed by atoms with Crippen LogP contribution in [0, 0.1) is 0 Å². The zero-order valence-electron chi connectivity index (χ0n) is 7.55. The molecule has 0 radical (unpaired) electrons. The van der Waals surface area contributed by atoms with Gasteiger partial charge >= 0.3 is 0 Å². The summed E-state index contributed by atoms with van der Waals surface area (Å²) in [5.74, 6) is -0.152. The Labute approximate surface area is 97.9 Å². The summed E-state index contributed by atoms with van der Waals surface area (Å²) >= 11 is 16.6. The van der Waals surface area contributed by atoms with E-state index in [2.05, 4.69) is 0 Å². The van der Waals surface area contributed by atoms with E-state index in [1.807, 2.05) is 0 Å². The smallest absolute Gasteiger partial charge is 0.234 e. The van der Waals surface area contributed by atoms with E-state index in [4.69, 9.17) is 34.8 Å². The largest absolute Gasteiger partial charge is 0.369 e. The van der Waals surface area contributed by atoms with Gasteiger partial charge in [0.1, 0.15) is 0 Å². The van der Waals surface area contributed by atoms with Gasteiger partial charge in [-0.3, -0.25) is 4.79 Å². The molecule has 1 rings (SSSR count). The van der Waals surface area contributed by atoms with E-state index in [1.54, 1.807) is 0 Å². The summed E-state index contributed by atoms with van der Waals surface area (Å²) in [7, 11) is 0. The maximum absolute atomic E-state index is 11.5. The van der Waals surface area contributed by atoms with Crippen molar-refractivity contribution in [2.45, 2.75) is 35.7 Å². The Balaban J connectivity index is 2.68. The molecule has 0 bridgehead atoms. The molecule has 1 saturated heterocycles. The van der Waals surface area contributed by atoms with Crippen molar-refractivity contribution >= 4 is 40.7 Å². The van der Waals surface area contributed by atoms with Crippen LogP contribution in [0.25, 0.3) is 0 Å². The Kier molecular flexibility index (Phi) is 4.31. The number of aliphatic hydroxyl groups excluding tert-OH is 1. The number of rotatable bonds is 1. The molecule has 3 nitrogen and oxygen atoms in total. The van der Waals surface area contributed by atoms with Crippen molar-refractivity contribution in [2.75, 3.05) is 6.54 Å². The quantitative estimate of drug-likeness (QED) is 0.733. The predicted molar refractivity (Wildman–Crippen MR) is 56.5 cm³/mol. The van der Waals surface area contributed by atoms with Gasteiger partial charge in [0.05, 0.1) is 0 Å². The third-order valence-electron chi connectivity index (χ3n) is 2.20. The molecule has 6 heteroatoms. The van der Waals surface area contributed by atoms with Crippen LogP contribution in [0.3, 0.4) is 0 Å². The monoisotopic (exact) mass is 259 g/mol. The van der Waals surface area contributed by atoms with E-state index in [0.717, 1.165) is 19.3 Å². The van der Waals surface area contributed by atoms with Crippen molar-refractivity contribution in [3.05, 3.63) is 0 Å². The topological polar surface area (TPSA) is 40.5 Å². The van der Waals surface area contributed by atoms with Crippen LogP contribution in [0.5, 0.6) is 0 Å². The first-order valence-corrected chi connectivity index (χ1v) is 5.60. The highest BCUT2D eigenvalue weighted by atomic mass is 35.6. The van der Waals surface area contributed by atoms with Crippen LogP contribution in [0.4, 0.5) is 0 Å². The van der Waals surface area contributed by atoms with Crippen molar-refractivity contribution in [3.8, 4) is 0 Å². The van der Waals surface area contributed by atoms with Crippen molar-refractivity contribution in [3.63, 3.8) is 0 Å². The van der Waals surface area contributed by atoms with Gasteiger partial charge in [-0.1, -0.05) is 41.2 Å². The van der Waals surface area contributed by atoms with E-state index in [0.29, 0.717) is 13.0 Å². The number of hydrogen-bond acceptors (Lipinski definition) is 2. The van der Waals surface area contributed by atoms with Crippen molar-refractivity contribution in [1.82, 2.24) is 4.90 Å². The summed E-state index contributed by atoms with van der Waals surface area (Å²) in [5, 5.41) is 9.62. The molecule has 1 heterocycles. The molecule has 0 aliphatic carbocycles. The highest BCUT2D eigenvalue weighted by Crippen LogP contribution is 2.33. The Hall–Kier alpha value is 0.300. The molecule has 82 valence electrons. The average molecular weight is 261 g/mol. The molecule has 1 atom stereocenters. The second-order valence-electron chi connectivity index (χ2n) is 3.31. The summed E-state index contributed by atoms with van der Waals surface area (Å²) in [5.41, 5.74) is 0. The molecule has 0 saturated carbocycles. The van der Waals surface area contributed by atoms with Gasteiger partial charge < -0.3 is 10.0 Å². The van der Waals surface area contributed by atoms with Crippen LogP contribution in [-0.2, 0) is 4.79 Å². The van der Waals surface area contributed by atoms with E-state index in [1.165, 1.54) is 4.90 Å². The molecule has 1 fully saturated rings. The maximum atomic E-state index is 11.5.